The summed E-state index contributed by atoms with van der Waals surface area (Å²) >= 11 is 0. The highest BCUT2D eigenvalue weighted by Crippen LogP contribution is 2.48. The van der Waals surface area contributed by atoms with Gasteiger partial charge in [0.15, 0.2) is 40.8 Å². The van der Waals surface area contributed by atoms with Crippen molar-refractivity contribution >= 4 is 156 Å². The summed E-state index contributed by atoms with van der Waals surface area (Å²) in [7, 11) is 0. The van der Waals surface area contributed by atoms with Gasteiger partial charge in [-0.3, -0.25) is 39.9 Å². The molecular weight excluding hydrogens is 1810 g/mol. The summed E-state index contributed by atoms with van der Waals surface area (Å²) in [6, 6.07) is 16.5. The molecule has 8 aromatic heterocycles. The second-order valence-electron chi connectivity index (χ2n) is 37.7. The lowest BCUT2D eigenvalue weighted by atomic mass is 9.73. The van der Waals surface area contributed by atoms with Crippen molar-refractivity contribution < 1.29 is 24.4 Å². The number of hydrogen-bond donors (Lipinski definition) is 6. The molecule has 7 fully saturated rings. The molecule has 3 spiro atoms. The van der Waals surface area contributed by atoms with Crippen molar-refractivity contribution in [2.24, 2.45) is 64.6 Å². The van der Waals surface area contributed by atoms with E-state index in [4.69, 9.17) is 104 Å². The van der Waals surface area contributed by atoms with Crippen LogP contribution in [0.3, 0.4) is 0 Å². The predicted molar refractivity (Wildman–Crippen MR) is 554 cm³/mol. The molecule has 0 saturated carbocycles. The Hall–Kier alpha value is -8.77. The third-order valence-corrected chi connectivity index (χ3v) is 30.2. The first kappa shape index (κ1) is 101. The molecule has 10 N–H and O–H groups in total. The predicted octanol–water partition coefficient (Wildman–Crippen LogP) is 8.42. The summed E-state index contributed by atoms with van der Waals surface area (Å²) in [5.41, 5.74) is 43.7. The number of amidine groups is 4. The number of hydrogen-bond acceptors (Lipinski definition) is 33. The Balaban J connectivity index is 0.000000141. The molecule has 7 saturated heterocycles. The van der Waals surface area contributed by atoms with Gasteiger partial charge in [-0.2, -0.15) is 81.0 Å². The monoisotopic (exact) mass is 1940 g/mol. The fourth-order valence-electron chi connectivity index (χ4n) is 22.0. The van der Waals surface area contributed by atoms with Crippen molar-refractivity contribution in [1.29, 1.82) is 0 Å². The van der Waals surface area contributed by atoms with E-state index in [-0.39, 0.29) is 152 Å². The number of aromatic nitrogens is 12. The Morgan fingerprint density at radius 1 is 0.388 bits per heavy atom. The fourth-order valence-corrected chi connectivity index (χ4v) is 22.0. The second-order valence-corrected chi connectivity index (χ2v) is 37.7. The van der Waals surface area contributed by atoms with Crippen LogP contribution in [-0.4, -0.2) is 235 Å². The number of anilines is 8. The van der Waals surface area contributed by atoms with Crippen molar-refractivity contribution in [3.8, 4) is 0 Å². The van der Waals surface area contributed by atoms with Crippen LogP contribution in [0.4, 0.5) is 51.8 Å². The largest absolute Gasteiger partial charge is 0.390 e. The summed E-state index contributed by atoms with van der Waals surface area (Å²) in [4.78, 5) is 98.7. The molecule has 40 heteroatoms. The first-order valence-corrected chi connectivity index (χ1v) is 46.4. The summed E-state index contributed by atoms with van der Waals surface area (Å²) in [6.45, 7) is 33.6. The van der Waals surface area contributed by atoms with Crippen LogP contribution >= 0.6 is 81.0 Å². The van der Waals surface area contributed by atoms with Gasteiger partial charge in [-0.15, -0.1) is 4.98 Å². The van der Waals surface area contributed by atoms with E-state index in [0.717, 1.165) is 339 Å². The number of aliphatic hydroxyl groups excluding tert-OH is 2. The number of nitrogens with two attached hydrogens (primary N) is 4. The molecule has 6 atom stereocenters. The zero-order valence-corrected chi connectivity index (χ0v) is 83.4. The van der Waals surface area contributed by atoms with Crippen LogP contribution in [0.15, 0.2) is 93.3 Å². The van der Waals surface area contributed by atoms with Crippen molar-refractivity contribution in [2.75, 3.05) is 144 Å². The second kappa shape index (κ2) is 42.3. The molecule has 34 nitrogen and oxygen atoms in total. The molecule has 0 aromatic carbocycles. The van der Waals surface area contributed by atoms with E-state index >= 15 is 0 Å². The van der Waals surface area contributed by atoms with Crippen molar-refractivity contribution in [3.63, 3.8) is 0 Å². The van der Waals surface area contributed by atoms with Crippen LogP contribution < -0.4 is 62.1 Å². The van der Waals surface area contributed by atoms with Gasteiger partial charge in [-0.05, 0) is 191 Å². The van der Waals surface area contributed by atoms with Crippen molar-refractivity contribution in [3.05, 3.63) is 170 Å². The van der Waals surface area contributed by atoms with Crippen LogP contribution in [0.1, 0.15) is 190 Å². The smallest absolute Gasteiger partial charge is 0.312 e. The van der Waals surface area contributed by atoms with E-state index in [9.17, 15) is 10.2 Å². The average Bonchev–Trinajstić information content (AvgIpc) is 1.59. The van der Waals surface area contributed by atoms with E-state index < -0.39 is 0 Å². The van der Waals surface area contributed by atoms with Gasteiger partial charge >= 0.3 is 5.82 Å². The molecule has 0 bridgehead atoms. The molecule has 0 unspecified atom stereocenters. The number of nitrogens with zero attached hydrogens (tertiary/aromatic N) is 25. The SMILES string of the molecule is CC1(CN)CCN(c2nc3c(nc2CO)C(N2CCCc4ncccc42)=NC3)CC1.C[C@@H]1OCC2(CCN(c3nc4c(nc3CO)C(N3CCCc5ncccc53)=NC4)CC2)[C@@H]1N.Cc1nc2c(nc1N1CCC3(CC1)CO[C@@H](C)[C@H]3N)CN=C2N1CCCc2ncccc21.S.S.S.S.S.S.[C-]#[N+]c1nc2c(nc1N1CCC3(CC1)CO[C@@H](C)[C@H]3N)CN=C2N1CCCc2ncccc21. The highest BCUT2D eigenvalue weighted by molar-refractivity contribution is 7.60. The highest BCUT2D eigenvalue weighted by Gasteiger charge is 2.52. The normalized spacial score (nSPS) is 23.4. The topological polar surface area (TPSA) is 407 Å². The van der Waals surface area contributed by atoms with Gasteiger partial charge < -0.3 is 91.4 Å². The lowest BCUT2D eigenvalue weighted by molar-refractivity contribution is 0.0973. The molecule has 0 amide bonds. The number of piperidine rings is 4. The van der Waals surface area contributed by atoms with Gasteiger partial charge in [-0.1, -0.05) is 13.5 Å². The summed E-state index contributed by atoms with van der Waals surface area (Å²) in [5, 5.41) is 20.3. The van der Waals surface area contributed by atoms with Gasteiger partial charge in [0.25, 0.3) is 0 Å². The number of rotatable bonds is 7. The molecule has 15 aliphatic rings. The number of fused-ring (bicyclic) bond motifs is 8. The van der Waals surface area contributed by atoms with Crippen LogP contribution in [-0.2, 0) is 79.3 Å². The highest BCUT2D eigenvalue weighted by atomic mass is 32.1. The van der Waals surface area contributed by atoms with E-state index in [1.54, 1.807) is 0 Å². The molecule has 0 radical (unpaired) electrons. The number of pyridine rings is 4. The van der Waals surface area contributed by atoms with Crippen LogP contribution in [0.5, 0.6) is 0 Å². The third kappa shape index (κ3) is 18.9. The fraction of sp³-hybridized carbons (Fsp3) is 0.564. The molecule has 134 heavy (non-hydrogen) atoms. The maximum absolute atomic E-state index is 10.2. The molecule has 8 aromatic rings. The Bertz CT molecular complexity index is 5720. The van der Waals surface area contributed by atoms with Gasteiger partial charge in [0.2, 0.25) is 5.69 Å². The van der Waals surface area contributed by atoms with E-state index in [0.29, 0.717) is 55.7 Å². The lowest BCUT2D eigenvalue weighted by Crippen LogP contribution is -2.51. The number of aliphatic hydroxyl groups is 2. The average molecular weight is 1940 g/mol. The molecule has 0 aliphatic carbocycles. The molecule has 23 rings (SSSR count). The van der Waals surface area contributed by atoms with E-state index in [2.05, 4.69) is 123 Å². The molecule has 718 valence electrons. The van der Waals surface area contributed by atoms with Gasteiger partial charge in [0.1, 0.15) is 40.0 Å². The summed E-state index contributed by atoms with van der Waals surface area (Å²) < 4.78 is 17.6. The minimum atomic E-state index is -0.150. The minimum absolute atomic E-state index is 0. The van der Waals surface area contributed by atoms with Crippen molar-refractivity contribution in [2.45, 2.75) is 213 Å². The van der Waals surface area contributed by atoms with E-state index in [1.165, 1.54) is 0 Å². The Kier molecular flexibility index (Phi) is 31.9. The molecular formula is C94H131N29O5S6. The van der Waals surface area contributed by atoms with Gasteiger partial charge in [-0.25, -0.2) is 34.9 Å². The van der Waals surface area contributed by atoms with Crippen molar-refractivity contribution in [1.82, 2.24) is 59.8 Å². The first-order chi connectivity index (χ1) is 62.4. The molecule has 23 heterocycles. The minimum Gasteiger partial charge on any atom is -0.390 e. The first-order valence-electron chi connectivity index (χ1n) is 46.4. The van der Waals surface area contributed by atoms with Gasteiger partial charge in [0, 0.05) is 138 Å². The van der Waals surface area contributed by atoms with Crippen LogP contribution in [0.25, 0.3) is 4.85 Å². The zero-order chi connectivity index (χ0) is 87.7. The number of aryl methyl sites for hydroxylation is 5. The maximum Gasteiger partial charge on any atom is 0.312 e. The molecule has 15 aliphatic heterocycles. The van der Waals surface area contributed by atoms with Gasteiger partial charge in [0.05, 0.1) is 146 Å². The number of ether oxygens (including phenoxy) is 3. The number of aliphatic imine (C=N–C) groups is 4. The van der Waals surface area contributed by atoms with Crippen LogP contribution in [0, 0.1) is 35.2 Å². The quantitative estimate of drug-likeness (QED) is 0.0815. The Morgan fingerprint density at radius 3 is 0.970 bits per heavy atom. The van der Waals surface area contributed by atoms with Crippen LogP contribution in [0.2, 0.25) is 0 Å². The zero-order valence-electron chi connectivity index (χ0n) is 77.4. The van der Waals surface area contributed by atoms with E-state index in [1.807, 2.05) is 49.1 Å². The standard InChI is InChI=1S/C24H28N8O.C24H31N7O2.C24H31N7O.C22H29N7O.6H2S/c1-15-20(25)24(14-33-15)7-11-31(12-8-24)23-21(26-2)30-19-17(29-23)13-28-22(19)32-10-4-5-16-18(32)6-3-9-27-16;1-15-21(25)24(14-33-15)6-10-30(11-7-24)22-18(13-32)28-20-17(29-22)12-27-23(20)31-9-3-4-16-19(31)5-2-8-26-16;1-15-22(30-11-7-24(8-12-30)14-32-16(2)21(24)25)29-18-13-27-23(20(18)28-15)31-10-4-5-17-19(31)6-3-9-26-17;1-22(14-23)6-10-28(11-7-22)20-17(13-30)26-19-16(27-20)12-25-21(19)29-9-3-4-15-18(29)5-2-8-24-15;;;;;;/h3,6,9,15,20H,4-5,7-8,10-14,25H2,1H3;2,5,8,15,21,32H,3-4,6-7,9-14,25H2,1H3;3,6,9,16,21H,4-5,7-8,10-14,25H2,1-2H3;2,5,8,30H,3-4,6-7,9-14,23H2,1H3;6*1H2/t15-,20+;15-,21+;16-,21+;;;;;;;/m000......./s1. The Labute approximate surface area is 826 Å². The maximum atomic E-state index is 10.2. The lowest BCUT2D eigenvalue weighted by Gasteiger charge is -2.42. The third-order valence-electron chi connectivity index (χ3n) is 30.2. The summed E-state index contributed by atoms with van der Waals surface area (Å²) in [5.74, 6) is 7.04. The Morgan fingerprint density at radius 2 is 0.672 bits per heavy atom. The summed E-state index contributed by atoms with van der Waals surface area (Å²) in [6.07, 6.45) is 23.7.